The number of carbonyl (C=O) groups is 2. The molecular formula is C16H15NO5. The van der Waals surface area contributed by atoms with E-state index < -0.39 is 23.5 Å². The van der Waals surface area contributed by atoms with Gasteiger partial charge in [0.05, 0.1) is 37.3 Å². The number of rotatable bonds is 3. The molecule has 2 fully saturated rings. The Hall–Kier alpha value is -2.18. The summed E-state index contributed by atoms with van der Waals surface area (Å²) < 4.78 is 10.8. The van der Waals surface area contributed by atoms with Crippen LogP contribution in [-0.4, -0.2) is 42.3 Å². The fourth-order valence-corrected chi connectivity index (χ4v) is 3.69. The number of aliphatic hydroxyl groups is 1. The highest BCUT2D eigenvalue weighted by atomic mass is 16.5. The average molecular weight is 301 g/mol. The van der Waals surface area contributed by atoms with Crippen LogP contribution in [0.15, 0.2) is 36.4 Å². The molecule has 3 aliphatic heterocycles. The lowest BCUT2D eigenvalue weighted by atomic mass is 9.77. The van der Waals surface area contributed by atoms with Crippen LogP contribution in [0.2, 0.25) is 0 Å². The molecule has 0 aliphatic carbocycles. The van der Waals surface area contributed by atoms with Crippen molar-refractivity contribution in [3.63, 3.8) is 0 Å². The number of imide groups is 1. The van der Waals surface area contributed by atoms with E-state index >= 15 is 0 Å². The van der Waals surface area contributed by atoms with Gasteiger partial charge in [0.25, 0.3) is 0 Å². The number of aliphatic hydroxyl groups excluding tert-OH is 1. The monoisotopic (exact) mass is 301 g/mol. The van der Waals surface area contributed by atoms with E-state index in [1.165, 1.54) is 12.0 Å². The first-order valence-electron chi connectivity index (χ1n) is 7.11. The molecule has 0 aromatic heterocycles. The number of amides is 2. The normalized spacial score (nSPS) is 35.4. The van der Waals surface area contributed by atoms with Gasteiger partial charge in [-0.3, -0.25) is 9.59 Å². The third kappa shape index (κ3) is 1.51. The highest BCUT2D eigenvalue weighted by Gasteiger charge is 2.67. The van der Waals surface area contributed by atoms with E-state index in [9.17, 15) is 14.7 Å². The van der Waals surface area contributed by atoms with Gasteiger partial charge in [0, 0.05) is 6.07 Å². The van der Waals surface area contributed by atoms with Gasteiger partial charge in [0.15, 0.2) is 0 Å². The molecule has 4 rings (SSSR count). The molecule has 6 nitrogen and oxygen atoms in total. The summed E-state index contributed by atoms with van der Waals surface area (Å²) in [7, 11) is 1.53. The molecule has 1 aromatic rings. The van der Waals surface area contributed by atoms with Gasteiger partial charge in [-0.25, -0.2) is 4.90 Å². The van der Waals surface area contributed by atoms with Crippen molar-refractivity contribution in [2.24, 2.45) is 11.8 Å². The maximum Gasteiger partial charge on any atom is 0.241 e. The Morgan fingerprint density at radius 1 is 1.36 bits per heavy atom. The van der Waals surface area contributed by atoms with E-state index in [1.54, 1.807) is 36.4 Å². The van der Waals surface area contributed by atoms with Crippen molar-refractivity contribution < 1.29 is 24.2 Å². The van der Waals surface area contributed by atoms with Gasteiger partial charge >= 0.3 is 0 Å². The molecule has 2 saturated heterocycles. The number of fused-ring (bicyclic) bond motifs is 5. The molecule has 6 heteroatoms. The Bertz CT molecular complexity index is 700. The fourth-order valence-electron chi connectivity index (χ4n) is 3.69. The second-order valence-corrected chi connectivity index (χ2v) is 5.77. The second kappa shape index (κ2) is 4.41. The molecule has 2 amide bonds. The average Bonchev–Trinajstić information content (AvgIpc) is 3.18. The zero-order chi connectivity index (χ0) is 15.5. The number of ether oxygens (including phenoxy) is 2. The zero-order valence-corrected chi connectivity index (χ0v) is 11.9. The van der Waals surface area contributed by atoms with Gasteiger partial charge in [0.2, 0.25) is 11.8 Å². The molecule has 0 spiro atoms. The predicted molar refractivity (Wildman–Crippen MR) is 76.3 cm³/mol. The van der Waals surface area contributed by atoms with Gasteiger partial charge < -0.3 is 14.6 Å². The number of hydrogen-bond donors (Lipinski definition) is 1. The molecule has 114 valence electrons. The Morgan fingerprint density at radius 3 is 2.91 bits per heavy atom. The van der Waals surface area contributed by atoms with Crippen LogP contribution in [0.4, 0.5) is 5.69 Å². The molecule has 0 radical (unpaired) electrons. The number of nitrogens with zero attached hydrogens (tertiary/aromatic N) is 1. The van der Waals surface area contributed by atoms with E-state index in [0.717, 1.165) is 0 Å². The summed E-state index contributed by atoms with van der Waals surface area (Å²) in [5, 5.41) is 9.66. The zero-order valence-electron chi connectivity index (χ0n) is 11.9. The van der Waals surface area contributed by atoms with Crippen LogP contribution in [0.1, 0.15) is 0 Å². The Balaban J connectivity index is 1.76. The summed E-state index contributed by atoms with van der Waals surface area (Å²) in [4.78, 5) is 26.7. The van der Waals surface area contributed by atoms with Crippen molar-refractivity contribution in [3.05, 3.63) is 36.4 Å². The van der Waals surface area contributed by atoms with Gasteiger partial charge in [0.1, 0.15) is 11.4 Å². The highest BCUT2D eigenvalue weighted by Crippen LogP contribution is 2.52. The first kappa shape index (κ1) is 13.5. The van der Waals surface area contributed by atoms with Crippen LogP contribution < -0.4 is 9.64 Å². The largest absolute Gasteiger partial charge is 0.497 e. The first-order valence-corrected chi connectivity index (χ1v) is 7.11. The minimum atomic E-state index is -1.06. The van der Waals surface area contributed by atoms with Gasteiger partial charge in [-0.15, -0.1) is 0 Å². The Kier molecular flexibility index (Phi) is 2.70. The topological polar surface area (TPSA) is 76.1 Å². The Labute approximate surface area is 126 Å². The van der Waals surface area contributed by atoms with Crippen molar-refractivity contribution in [2.75, 3.05) is 18.6 Å². The van der Waals surface area contributed by atoms with Crippen LogP contribution >= 0.6 is 0 Å². The summed E-state index contributed by atoms with van der Waals surface area (Å²) in [5.41, 5.74) is -0.577. The summed E-state index contributed by atoms with van der Waals surface area (Å²) in [5.74, 6) is -1.26. The molecule has 0 saturated carbocycles. The van der Waals surface area contributed by atoms with E-state index in [1.807, 2.05) is 0 Å². The standard InChI is InChI=1S/C16H15NO5/c1-21-10-4-2-3-9(7-10)17-14(19)12-11-5-6-16(8-18,22-11)13(12)15(17)20/h2-7,11-13,18H,8H2,1H3/t11-,12-,13-,16+/m0/s1. The lowest BCUT2D eigenvalue weighted by Gasteiger charge is -2.26. The second-order valence-electron chi connectivity index (χ2n) is 5.77. The maximum absolute atomic E-state index is 12.8. The van der Waals surface area contributed by atoms with E-state index in [-0.39, 0.29) is 18.4 Å². The molecular weight excluding hydrogens is 286 g/mol. The van der Waals surface area contributed by atoms with Crippen molar-refractivity contribution in [1.29, 1.82) is 0 Å². The molecule has 2 bridgehead atoms. The summed E-state index contributed by atoms with van der Waals surface area (Å²) in [6, 6.07) is 6.83. The number of anilines is 1. The van der Waals surface area contributed by atoms with Crippen LogP contribution in [0.5, 0.6) is 5.75 Å². The molecule has 3 heterocycles. The summed E-state index contributed by atoms with van der Waals surface area (Å²) in [6.07, 6.45) is 3.03. The fraction of sp³-hybridized carbons (Fsp3) is 0.375. The van der Waals surface area contributed by atoms with E-state index in [2.05, 4.69) is 0 Å². The van der Waals surface area contributed by atoms with Gasteiger partial charge in [-0.1, -0.05) is 18.2 Å². The first-order chi connectivity index (χ1) is 10.6. The predicted octanol–water partition coefficient (Wildman–Crippen LogP) is 0.500. The third-order valence-corrected chi connectivity index (χ3v) is 4.71. The number of carbonyl (C=O) groups excluding carboxylic acids is 2. The van der Waals surface area contributed by atoms with Crippen molar-refractivity contribution >= 4 is 17.5 Å². The van der Waals surface area contributed by atoms with Crippen molar-refractivity contribution in [1.82, 2.24) is 0 Å². The SMILES string of the molecule is COc1cccc(N2C(=O)[C@H]3[C@@H]4C=C[C@](CO)(O4)[C@@H]3C2=O)c1. The molecule has 1 N–H and O–H groups in total. The molecule has 3 aliphatic rings. The van der Waals surface area contributed by atoms with Crippen LogP contribution in [0, 0.1) is 11.8 Å². The van der Waals surface area contributed by atoms with Crippen molar-refractivity contribution in [3.8, 4) is 5.75 Å². The number of hydrogen-bond acceptors (Lipinski definition) is 5. The number of benzene rings is 1. The molecule has 0 unspecified atom stereocenters. The maximum atomic E-state index is 12.8. The minimum Gasteiger partial charge on any atom is -0.497 e. The molecule has 1 aromatic carbocycles. The van der Waals surface area contributed by atoms with Crippen LogP contribution in [0.25, 0.3) is 0 Å². The molecule has 4 atom stereocenters. The van der Waals surface area contributed by atoms with Crippen LogP contribution in [0.3, 0.4) is 0 Å². The number of methoxy groups -OCH3 is 1. The smallest absolute Gasteiger partial charge is 0.241 e. The lowest BCUT2D eigenvalue weighted by Crippen LogP contribution is -2.43. The summed E-state index contributed by atoms with van der Waals surface area (Å²) in [6.45, 7) is -0.313. The van der Waals surface area contributed by atoms with E-state index in [4.69, 9.17) is 9.47 Å². The third-order valence-electron chi connectivity index (χ3n) is 4.71. The molecule has 22 heavy (non-hydrogen) atoms. The van der Waals surface area contributed by atoms with Crippen LogP contribution in [-0.2, 0) is 14.3 Å². The van der Waals surface area contributed by atoms with Gasteiger partial charge in [-0.05, 0) is 12.1 Å². The quantitative estimate of drug-likeness (QED) is 0.650. The highest BCUT2D eigenvalue weighted by molar-refractivity contribution is 6.23. The lowest BCUT2D eigenvalue weighted by molar-refractivity contribution is -0.128. The summed E-state index contributed by atoms with van der Waals surface area (Å²) >= 11 is 0. The van der Waals surface area contributed by atoms with E-state index in [0.29, 0.717) is 11.4 Å². The van der Waals surface area contributed by atoms with Crippen molar-refractivity contribution in [2.45, 2.75) is 11.7 Å². The van der Waals surface area contributed by atoms with Gasteiger partial charge in [-0.2, -0.15) is 0 Å². The minimum absolute atomic E-state index is 0.284. The Morgan fingerprint density at radius 2 is 2.18 bits per heavy atom.